The van der Waals surface area contributed by atoms with Crippen molar-refractivity contribution in [2.45, 2.75) is 12.1 Å². The van der Waals surface area contributed by atoms with Crippen LogP contribution in [0.3, 0.4) is 0 Å². The van der Waals surface area contributed by atoms with Gasteiger partial charge in [0.05, 0.1) is 25.4 Å². The van der Waals surface area contributed by atoms with Crippen molar-refractivity contribution in [1.29, 1.82) is 0 Å². The van der Waals surface area contributed by atoms with Gasteiger partial charge in [-0.05, 0) is 31.3 Å². The van der Waals surface area contributed by atoms with Crippen molar-refractivity contribution in [3.8, 4) is 17.4 Å². The molecule has 176 valence electrons. The monoisotopic (exact) mass is 487 g/mol. The smallest absolute Gasteiger partial charge is 0.416 e. The van der Waals surface area contributed by atoms with Gasteiger partial charge in [0.1, 0.15) is 5.54 Å². The number of ether oxygens (including phenoxy) is 3. The van der Waals surface area contributed by atoms with Crippen LogP contribution in [0.25, 0.3) is 0 Å². The lowest BCUT2D eigenvalue weighted by atomic mass is 9.84. The third-order valence-corrected chi connectivity index (χ3v) is 6.13. The topological polar surface area (TPSA) is 97.8 Å². The second kappa shape index (κ2) is 9.05. The number of hydrogen-bond acceptors (Lipinski definition) is 9. The molecule has 9 nitrogen and oxygen atoms in total. The molecule has 1 aromatic heterocycles. The summed E-state index contributed by atoms with van der Waals surface area (Å²) in [5.74, 6) is -1.66. The van der Waals surface area contributed by atoms with Crippen molar-refractivity contribution >= 4 is 23.9 Å². The van der Waals surface area contributed by atoms with Gasteiger partial charge in [-0.25, -0.2) is 13.9 Å². The number of hydrogen-bond donors (Lipinski definition) is 2. The maximum absolute atomic E-state index is 15.3. The van der Waals surface area contributed by atoms with E-state index in [1.54, 1.807) is 37.4 Å². The molecule has 1 amide bonds. The Kier molecular flexibility index (Phi) is 5.94. The van der Waals surface area contributed by atoms with Gasteiger partial charge >= 0.3 is 6.09 Å². The summed E-state index contributed by atoms with van der Waals surface area (Å²) in [4.78, 5) is 14.4. The number of aromatic nitrogens is 2. The van der Waals surface area contributed by atoms with Crippen LogP contribution < -0.4 is 18.9 Å². The highest BCUT2D eigenvalue weighted by Crippen LogP contribution is 2.48. The van der Waals surface area contributed by atoms with E-state index >= 15 is 8.78 Å². The van der Waals surface area contributed by atoms with E-state index < -0.39 is 23.3 Å². The zero-order valence-corrected chi connectivity index (χ0v) is 18.7. The van der Waals surface area contributed by atoms with Crippen LogP contribution in [0.15, 0.2) is 48.7 Å². The maximum Gasteiger partial charge on any atom is 0.416 e. The summed E-state index contributed by atoms with van der Waals surface area (Å²) in [6.45, 7) is 0.148. The van der Waals surface area contributed by atoms with Gasteiger partial charge in [0.25, 0.3) is 0 Å². The Bertz CT molecular complexity index is 1230. The number of carbonyl (C=O) groups is 1. The molecule has 34 heavy (non-hydrogen) atoms. The Morgan fingerprint density at radius 3 is 2.74 bits per heavy atom. The minimum absolute atomic E-state index is 0.0900. The normalized spacial score (nSPS) is 16.0. The largest absolute Gasteiger partial charge is 0.434 e. The highest BCUT2D eigenvalue weighted by molar-refractivity contribution is 7.98. The molecule has 12 heteroatoms. The number of amides is 1. The molecular weight excluding hydrogens is 468 g/mol. The van der Waals surface area contributed by atoms with Gasteiger partial charge in [-0.15, -0.1) is 5.10 Å². The third-order valence-electron chi connectivity index (χ3n) is 5.60. The first-order valence-corrected chi connectivity index (χ1v) is 11.1. The lowest BCUT2D eigenvalue weighted by Crippen LogP contribution is -2.63. The zero-order chi connectivity index (χ0) is 23.7. The predicted molar refractivity (Wildman–Crippen MR) is 119 cm³/mol. The molecule has 2 aliphatic rings. The van der Waals surface area contributed by atoms with Crippen LogP contribution in [0.5, 0.6) is 17.4 Å². The first-order valence-electron chi connectivity index (χ1n) is 10.3. The number of halogens is 2. The van der Waals surface area contributed by atoms with Crippen molar-refractivity contribution in [3.05, 3.63) is 71.4 Å². The van der Waals surface area contributed by atoms with Crippen LogP contribution >= 0.6 is 12.1 Å². The van der Waals surface area contributed by atoms with Crippen LogP contribution in [0, 0.1) is 11.6 Å². The van der Waals surface area contributed by atoms with E-state index in [2.05, 4.69) is 19.6 Å². The number of nitrogens with zero attached hydrogens (tertiary/aromatic N) is 3. The second-order valence-electron chi connectivity index (χ2n) is 7.58. The van der Waals surface area contributed by atoms with E-state index in [4.69, 9.17) is 14.2 Å². The summed E-state index contributed by atoms with van der Waals surface area (Å²) in [7, 11) is 1.70. The lowest BCUT2D eigenvalue weighted by molar-refractivity contribution is -0.143. The van der Waals surface area contributed by atoms with Crippen molar-refractivity contribution < 1.29 is 27.8 Å². The molecule has 3 heterocycles. The predicted octanol–water partition coefficient (Wildman–Crippen LogP) is 3.98. The van der Waals surface area contributed by atoms with Gasteiger partial charge in [-0.2, -0.15) is 9.49 Å². The van der Waals surface area contributed by atoms with Crippen molar-refractivity contribution in [2.24, 2.45) is 0 Å². The SMILES string of the molecule is CNSNc1cccc(CN2C(=O)Oc3c(ccc(Oc4cccnn4)c3F)C23COC3)c1F. The molecule has 2 aliphatic heterocycles. The van der Waals surface area contributed by atoms with Gasteiger partial charge in [-0.1, -0.05) is 12.1 Å². The van der Waals surface area contributed by atoms with E-state index in [1.165, 1.54) is 23.2 Å². The molecule has 2 N–H and O–H groups in total. The number of carbonyl (C=O) groups excluding carboxylic acids is 1. The average molecular weight is 487 g/mol. The summed E-state index contributed by atoms with van der Waals surface area (Å²) in [5.41, 5.74) is -0.0377. The molecule has 3 aromatic rings. The molecule has 1 fully saturated rings. The lowest BCUT2D eigenvalue weighted by Gasteiger charge is -2.51. The summed E-state index contributed by atoms with van der Waals surface area (Å²) in [6.07, 6.45) is 0.648. The highest BCUT2D eigenvalue weighted by Gasteiger charge is 2.54. The number of benzene rings is 2. The molecule has 0 aliphatic carbocycles. The van der Waals surface area contributed by atoms with Crippen LogP contribution in [0.4, 0.5) is 19.3 Å². The maximum atomic E-state index is 15.3. The summed E-state index contributed by atoms with van der Waals surface area (Å²) >= 11 is 1.11. The van der Waals surface area contributed by atoms with Crippen molar-refractivity contribution in [2.75, 3.05) is 25.0 Å². The number of nitrogens with one attached hydrogen (secondary N) is 2. The zero-order valence-electron chi connectivity index (χ0n) is 17.9. The summed E-state index contributed by atoms with van der Waals surface area (Å²) < 4.78 is 52.3. The van der Waals surface area contributed by atoms with Gasteiger partial charge in [0.2, 0.25) is 11.7 Å². The van der Waals surface area contributed by atoms with Crippen molar-refractivity contribution in [3.63, 3.8) is 0 Å². The van der Waals surface area contributed by atoms with E-state index in [0.29, 0.717) is 5.56 Å². The van der Waals surface area contributed by atoms with E-state index in [1.807, 2.05) is 0 Å². The Morgan fingerprint density at radius 2 is 2.03 bits per heavy atom. The Morgan fingerprint density at radius 1 is 1.18 bits per heavy atom. The molecule has 2 aromatic carbocycles. The first-order chi connectivity index (χ1) is 16.5. The minimum Gasteiger partial charge on any atom is -0.434 e. The molecule has 0 radical (unpaired) electrons. The average Bonchev–Trinajstić information content (AvgIpc) is 2.82. The molecule has 0 bridgehead atoms. The fraction of sp³-hybridized carbons (Fsp3) is 0.227. The van der Waals surface area contributed by atoms with Crippen LogP contribution in [0.1, 0.15) is 11.1 Å². The van der Waals surface area contributed by atoms with Gasteiger partial charge in [0, 0.05) is 35.5 Å². The van der Waals surface area contributed by atoms with Gasteiger partial charge in [0.15, 0.2) is 17.3 Å². The molecular formula is C22H19F2N5O4S. The molecule has 1 spiro atoms. The van der Waals surface area contributed by atoms with E-state index in [9.17, 15) is 4.79 Å². The summed E-state index contributed by atoms with van der Waals surface area (Å²) in [6, 6.07) is 11.0. The Labute approximate surface area is 197 Å². The van der Waals surface area contributed by atoms with Gasteiger partial charge in [-0.3, -0.25) is 4.90 Å². The fourth-order valence-corrected chi connectivity index (χ4v) is 4.25. The summed E-state index contributed by atoms with van der Waals surface area (Å²) in [5, 5.41) is 7.46. The molecule has 0 saturated carbocycles. The van der Waals surface area contributed by atoms with Crippen LogP contribution in [0.2, 0.25) is 0 Å². The molecule has 1 saturated heterocycles. The number of rotatable bonds is 7. The van der Waals surface area contributed by atoms with Crippen LogP contribution in [-0.4, -0.2) is 41.5 Å². The molecule has 0 unspecified atom stereocenters. The molecule has 0 atom stereocenters. The quantitative estimate of drug-likeness (QED) is 0.480. The van der Waals surface area contributed by atoms with E-state index in [-0.39, 0.29) is 48.4 Å². The third kappa shape index (κ3) is 3.79. The standard InChI is InChI=1S/C22H19F2N5O4S/c1-25-34-28-15-5-2-4-13(18(15)23)10-29-21(30)33-20-14(22(29)11-31-12-22)7-8-16(19(20)24)32-17-6-3-9-26-27-17/h2-9,25,28H,10-12H2,1H3. The first kappa shape index (κ1) is 22.3. The Hall–Kier alpha value is -3.48. The second-order valence-corrected chi connectivity index (χ2v) is 8.40. The highest BCUT2D eigenvalue weighted by atomic mass is 32.2. The minimum atomic E-state index is -0.994. The fourth-order valence-electron chi connectivity index (χ4n) is 3.88. The van der Waals surface area contributed by atoms with Gasteiger partial charge < -0.3 is 18.9 Å². The molecule has 5 rings (SSSR count). The Balaban J connectivity index is 1.47. The van der Waals surface area contributed by atoms with Crippen molar-refractivity contribution in [1.82, 2.24) is 19.8 Å². The number of fused-ring (bicyclic) bond motifs is 2. The number of anilines is 1. The van der Waals surface area contributed by atoms with E-state index in [0.717, 1.165) is 12.1 Å². The van der Waals surface area contributed by atoms with Crippen LogP contribution in [-0.2, 0) is 16.8 Å².